The van der Waals surface area contributed by atoms with Gasteiger partial charge in [-0.05, 0) is 30.3 Å². The van der Waals surface area contributed by atoms with Gasteiger partial charge >= 0.3 is 0 Å². The molecule has 0 saturated heterocycles. The lowest BCUT2D eigenvalue weighted by Gasteiger charge is -2.06. The minimum absolute atomic E-state index is 0.0379. The lowest BCUT2D eigenvalue weighted by Crippen LogP contribution is -2.30. The normalized spacial score (nSPS) is 10.7. The summed E-state index contributed by atoms with van der Waals surface area (Å²) in [5.41, 5.74) is 0.807. The number of H-pyrrole nitrogens is 1. The van der Waals surface area contributed by atoms with E-state index in [1.807, 2.05) is 18.2 Å². The average molecular weight is 311 g/mol. The summed E-state index contributed by atoms with van der Waals surface area (Å²) >= 11 is 0. The predicted octanol–water partition coefficient (Wildman–Crippen LogP) is 2.03. The van der Waals surface area contributed by atoms with Gasteiger partial charge in [-0.1, -0.05) is 6.07 Å². The molecule has 0 fully saturated rings. The number of rotatable bonds is 4. The largest absolute Gasteiger partial charge is 0.360 e. The van der Waals surface area contributed by atoms with E-state index in [0.29, 0.717) is 18.5 Å². The van der Waals surface area contributed by atoms with Gasteiger partial charge in [0.2, 0.25) is 5.43 Å². The van der Waals surface area contributed by atoms with E-state index < -0.39 is 17.2 Å². The van der Waals surface area contributed by atoms with Gasteiger partial charge in [0, 0.05) is 42.0 Å². The van der Waals surface area contributed by atoms with Crippen molar-refractivity contribution in [3.05, 3.63) is 76.1 Å². The second-order valence-electron chi connectivity index (χ2n) is 5.05. The van der Waals surface area contributed by atoms with E-state index in [1.165, 1.54) is 18.3 Å². The number of nitrogens with one attached hydrogen (secondary N) is 2. The van der Waals surface area contributed by atoms with Crippen LogP contribution in [0, 0.1) is 5.82 Å². The van der Waals surface area contributed by atoms with Crippen molar-refractivity contribution in [3.8, 4) is 0 Å². The Morgan fingerprint density at radius 1 is 1.26 bits per heavy atom. The fourth-order valence-corrected chi connectivity index (χ4v) is 2.30. The zero-order valence-corrected chi connectivity index (χ0v) is 12.2. The van der Waals surface area contributed by atoms with Gasteiger partial charge in [-0.15, -0.1) is 0 Å². The Bertz CT molecular complexity index is 907. The molecule has 5 nitrogen and oxygen atoms in total. The van der Waals surface area contributed by atoms with E-state index in [9.17, 15) is 14.0 Å². The molecule has 0 saturated carbocycles. The monoisotopic (exact) mass is 311 g/mol. The van der Waals surface area contributed by atoms with Crippen LogP contribution in [0.5, 0.6) is 0 Å². The maximum Gasteiger partial charge on any atom is 0.256 e. The molecule has 0 atom stereocenters. The summed E-state index contributed by atoms with van der Waals surface area (Å²) in [4.78, 5) is 31.4. The smallest absolute Gasteiger partial charge is 0.256 e. The number of hydrogen-bond acceptors (Lipinski definition) is 3. The van der Waals surface area contributed by atoms with Crippen LogP contribution < -0.4 is 10.7 Å². The summed E-state index contributed by atoms with van der Waals surface area (Å²) in [6.45, 7) is 0.358. The zero-order chi connectivity index (χ0) is 16.2. The fourth-order valence-electron chi connectivity index (χ4n) is 2.30. The van der Waals surface area contributed by atoms with Crippen LogP contribution in [0.4, 0.5) is 4.39 Å². The van der Waals surface area contributed by atoms with Crippen molar-refractivity contribution in [2.75, 3.05) is 6.54 Å². The highest BCUT2D eigenvalue weighted by Crippen LogP contribution is 2.10. The molecule has 2 heterocycles. The predicted molar refractivity (Wildman–Crippen MR) is 84.8 cm³/mol. The van der Waals surface area contributed by atoms with Crippen LogP contribution in [0.25, 0.3) is 10.9 Å². The van der Waals surface area contributed by atoms with Gasteiger partial charge in [-0.25, -0.2) is 4.39 Å². The van der Waals surface area contributed by atoms with Crippen LogP contribution >= 0.6 is 0 Å². The number of amides is 1. The van der Waals surface area contributed by atoms with Crippen molar-refractivity contribution >= 4 is 16.8 Å². The molecule has 2 aromatic heterocycles. The summed E-state index contributed by atoms with van der Waals surface area (Å²) in [6.07, 6.45) is 3.59. The van der Waals surface area contributed by atoms with E-state index in [-0.39, 0.29) is 10.9 Å². The quantitative estimate of drug-likeness (QED) is 0.774. The Labute approximate surface area is 131 Å². The fraction of sp³-hybridized carbons (Fsp3) is 0.118. The Kier molecular flexibility index (Phi) is 4.14. The minimum atomic E-state index is -0.518. The number of hydrogen-bond donors (Lipinski definition) is 2. The van der Waals surface area contributed by atoms with Crippen molar-refractivity contribution in [3.63, 3.8) is 0 Å². The third kappa shape index (κ3) is 3.26. The number of fused-ring (bicyclic) bond motifs is 1. The topological polar surface area (TPSA) is 74.8 Å². The van der Waals surface area contributed by atoms with Crippen molar-refractivity contribution in [2.24, 2.45) is 0 Å². The molecule has 3 aromatic rings. The minimum Gasteiger partial charge on any atom is -0.360 e. The number of halogens is 1. The van der Waals surface area contributed by atoms with Gasteiger partial charge in [-0.3, -0.25) is 14.6 Å². The molecule has 0 aliphatic heterocycles. The van der Waals surface area contributed by atoms with Crippen LogP contribution in [-0.4, -0.2) is 22.4 Å². The van der Waals surface area contributed by atoms with E-state index in [2.05, 4.69) is 15.3 Å². The molecule has 23 heavy (non-hydrogen) atoms. The highest BCUT2D eigenvalue weighted by molar-refractivity contribution is 5.97. The first-order chi connectivity index (χ1) is 11.1. The van der Waals surface area contributed by atoms with E-state index in [4.69, 9.17) is 0 Å². The molecule has 0 spiro atoms. The highest BCUT2D eigenvalue weighted by atomic mass is 19.1. The molecule has 0 radical (unpaired) electrons. The van der Waals surface area contributed by atoms with E-state index in [1.54, 1.807) is 6.20 Å². The molecule has 116 valence electrons. The third-order valence-corrected chi connectivity index (χ3v) is 3.48. The number of nitrogens with zero attached hydrogens (tertiary/aromatic N) is 1. The van der Waals surface area contributed by atoms with Crippen molar-refractivity contribution in [1.82, 2.24) is 15.3 Å². The lowest BCUT2D eigenvalue weighted by atomic mass is 10.1. The Hall–Kier alpha value is -3.02. The SMILES string of the molecule is O=C(NCCc1ccccn1)c1c[nH]c2ccc(F)cc2c1=O. The Morgan fingerprint density at radius 3 is 2.91 bits per heavy atom. The van der Waals surface area contributed by atoms with Crippen LogP contribution in [0.15, 0.2) is 53.6 Å². The number of aromatic amines is 1. The van der Waals surface area contributed by atoms with Gasteiger partial charge < -0.3 is 10.3 Å². The molecule has 0 aliphatic carbocycles. The first kappa shape index (κ1) is 14.9. The maximum absolute atomic E-state index is 13.3. The molecule has 3 rings (SSSR count). The van der Waals surface area contributed by atoms with Gasteiger partial charge in [0.05, 0.1) is 0 Å². The van der Waals surface area contributed by atoms with Gasteiger partial charge in [0.25, 0.3) is 5.91 Å². The summed E-state index contributed by atoms with van der Waals surface area (Å²) in [5.74, 6) is -1.01. The second-order valence-corrected chi connectivity index (χ2v) is 5.05. The number of aromatic nitrogens is 2. The molecule has 0 bridgehead atoms. The molecule has 0 aliphatic rings. The van der Waals surface area contributed by atoms with Crippen LogP contribution in [0.1, 0.15) is 16.1 Å². The van der Waals surface area contributed by atoms with Crippen LogP contribution in [-0.2, 0) is 6.42 Å². The number of benzene rings is 1. The summed E-state index contributed by atoms with van der Waals surface area (Å²) in [6, 6.07) is 9.39. The Balaban J connectivity index is 1.76. The van der Waals surface area contributed by atoms with Gasteiger partial charge in [-0.2, -0.15) is 0 Å². The molecule has 1 aromatic carbocycles. The number of carbonyl (C=O) groups excluding carboxylic acids is 1. The number of pyridine rings is 2. The molecule has 1 amide bonds. The molecule has 2 N–H and O–H groups in total. The van der Waals surface area contributed by atoms with E-state index >= 15 is 0 Å². The molecule has 0 unspecified atom stereocenters. The lowest BCUT2D eigenvalue weighted by molar-refractivity contribution is 0.0953. The first-order valence-electron chi connectivity index (χ1n) is 7.14. The van der Waals surface area contributed by atoms with E-state index in [0.717, 1.165) is 11.8 Å². The summed E-state index contributed by atoms with van der Waals surface area (Å²) in [7, 11) is 0. The van der Waals surface area contributed by atoms with Gasteiger partial charge in [0.15, 0.2) is 0 Å². The maximum atomic E-state index is 13.3. The number of carbonyl (C=O) groups is 1. The van der Waals surface area contributed by atoms with Crippen molar-refractivity contribution < 1.29 is 9.18 Å². The molecular formula is C17H14FN3O2. The zero-order valence-electron chi connectivity index (χ0n) is 12.2. The average Bonchev–Trinajstić information content (AvgIpc) is 2.56. The molecule has 6 heteroatoms. The Morgan fingerprint density at radius 2 is 2.13 bits per heavy atom. The molecular weight excluding hydrogens is 297 g/mol. The highest BCUT2D eigenvalue weighted by Gasteiger charge is 2.13. The van der Waals surface area contributed by atoms with Crippen molar-refractivity contribution in [2.45, 2.75) is 6.42 Å². The standard InChI is InChI=1S/C17H14FN3O2/c18-11-4-5-15-13(9-11)16(22)14(10-21-15)17(23)20-8-6-12-3-1-2-7-19-12/h1-5,7,9-10H,6,8H2,(H,20,23)(H,21,22). The van der Waals surface area contributed by atoms with Gasteiger partial charge in [0.1, 0.15) is 11.4 Å². The first-order valence-corrected chi connectivity index (χ1v) is 7.14. The second kappa shape index (κ2) is 6.39. The van der Waals surface area contributed by atoms with Crippen LogP contribution in [0.2, 0.25) is 0 Å². The summed E-state index contributed by atoms with van der Waals surface area (Å²) < 4.78 is 13.3. The third-order valence-electron chi connectivity index (χ3n) is 3.48. The van der Waals surface area contributed by atoms with Crippen LogP contribution in [0.3, 0.4) is 0 Å². The summed E-state index contributed by atoms with van der Waals surface area (Å²) in [5, 5.41) is 2.83. The van der Waals surface area contributed by atoms with Crippen molar-refractivity contribution in [1.29, 1.82) is 0 Å².